The maximum atomic E-state index is 10.3. The largest absolute Gasteiger partial charge is 0.490 e. The van der Waals surface area contributed by atoms with Crippen LogP contribution in [0.2, 0.25) is 0 Å². The molecule has 3 aliphatic rings. The average Bonchev–Trinajstić information content (AvgIpc) is 2.94. The van der Waals surface area contributed by atoms with Gasteiger partial charge in [-0.05, 0) is 36.7 Å². The molecule has 37 heavy (non-hydrogen) atoms. The van der Waals surface area contributed by atoms with Crippen LogP contribution >= 0.6 is 0 Å². The molecule has 0 amide bonds. The highest BCUT2D eigenvalue weighted by Gasteiger charge is 2.54. The van der Waals surface area contributed by atoms with E-state index >= 15 is 0 Å². The summed E-state index contributed by atoms with van der Waals surface area (Å²) < 4.78 is 17.5. The van der Waals surface area contributed by atoms with Crippen LogP contribution in [-0.2, 0) is 4.74 Å². The van der Waals surface area contributed by atoms with Gasteiger partial charge in [-0.2, -0.15) is 15.8 Å². The van der Waals surface area contributed by atoms with Gasteiger partial charge in [0.1, 0.15) is 12.7 Å². The van der Waals surface area contributed by atoms with Crippen molar-refractivity contribution in [1.29, 1.82) is 15.8 Å². The van der Waals surface area contributed by atoms with Gasteiger partial charge in [0.15, 0.2) is 16.9 Å². The molecule has 0 bridgehead atoms. The van der Waals surface area contributed by atoms with Crippen molar-refractivity contribution >= 4 is 0 Å². The van der Waals surface area contributed by atoms with Gasteiger partial charge in [0.25, 0.3) is 0 Å². The topological polar surface area (TPSA) is 132 Å². The van der Waals surface area contributed by atoms with Crippen molar-refractivity contribution in [2.24, 2.45) is 17.1 Å². The quantitative estimate of drug-likeness (QED) is 0.569. The normalized spacial score (nSPS) is 23.7. The molecule has 1 fully saturated rings. The van der Waals surface area contributed by atoms with Crippen molar-refractivity contribution in [1.82, 2.24) is 9.80 Å². The lowest BCUT2D eigenvalue weighted by Gasteiger charge is -2.45. The fraction of sp³-hybridized carbons (Fsp3) is 0.536. The van der Waals surface area contributed by atoms with Crippen LogP contribution < -0.4 is 15.2 Å². The van der Waals surface area contributed by atoms with Gasteiger partial charge in [0.05, 0.1) is 43.2 Å². The Labute approximate surface area is 218 Å². The number of nitrogens with zero attached hydrogens (tertiary/aromatic N) is 5. The summed E-state index contributed by atoms with van der Waals surface area (Å²) in [5.74, 6) is 0.374. The average molecular weight is 503 g/mol. The van der Waals surface area contributed by atoms with Crippen LogP contribution in [-0.4, -0.2) is 75.5 Å². The van der Waals surface area contributed by atoms with Gasteiger partial charge in [-0.25, -0.2) is 0 Å². The Morgan fingerprint density at radius 1 is 1.08 bits per heavy atom. The summed E-state index contributed by atoms with van der Waals surface area (Å²) >= 11 is 0. The number of benzene rings is 1. The smallest absolute Gasteiger partial charge is 0.191 e. The standard InChI is InChI=1S/C28H34N6O3/c1-3-33-8-7-21-22(16-29)27(32)28(18-30,19-31)26(23(21)17-33)20-5-6-24(25(15-20)36-4-2)37-14-11-34-9-12-35-13-10-34/h5-7,15,23,26H,3-4,8-14,17,32H2,1-2H3. The number of likely N-dealkylation sites (N-methyl/N-ethyl adjacent to an activating group) is 1. The lowest BCUT2D eigenvalue weighted by Crippen LogP contribution is -2.48. The number of hydrogen-bond acceptors (Lipinski definition) is 9. The first-order valence-electron chi connectivity index (χ1n) is 12.9. The lowest BCUT2D eigenvalue weighted by atomic mass is 9.58. The zero-order chi connectivity index (χ0) is 26.4. The van der Waals surface area contributed by atoms with E-state index in [9.17, 15) is 15.8 Å². The first-order chi connectivity index (χ1) is 18.0. The summed E-state index contributed by atoms with van der Waals surface area (Å²) in [4.78, 5) is 4.54. The van der Waals surface area contributed by atoms with Crippen LogP contribution in [0, 0.1) is 45.3 Å². The predicted molar refractivity (Wildman–Crippen MR) is 137 cm³/mol. The van der Waals surface area contributed by atoms with Gasteiger partial charge in [0, 0.05) is 44.6 Å². The van der Waals surface area contributed by atoms with E-state index in [1.54, 1.807) is 0 Å². The Bertz CT molecular complexity index is 1170. The molecule has 1 aliphatic carbocycles. The van der Waals surface area contributed by atoms with Crippen LogP contribution in [0.25, 0.3) is 0 Å². The van der Waals surface area contributed by atoms with Gasteiger partial charge in [0.2, 0.25) is 0 Å². The van der Waals surface area contributed by atoms with Gasteiger partial charge in [-0.3, -0.25) is 9.80 Å². The zero-order valence-corrected chi connectivity index (χ0v) is 21.6. The maximum absolute atomic E-state index is 10.3. The second kappa shape index (κ2) is 11.7. The molecular weight excluding hydrogens is 468 g/mol. The summed E-state index contributed by atoms with van der Waals surface area (Å²) in [5, 5.41) is 30.6. The monoisotopic (exact) mass is 502 g/mol. The van der Waals surface area contributed by atoms with Crippen molar-refractivity contribution in [2.75, 3.05) is 65.7 Å². The molecule has 1 aromatic rings. The molecule has 0 radical (unpaired) electrons. The van der Waals surface area contributed by atoms with Crippen LogP contribution in [0.1, 0.15) is 25.3 Å². The lowest BCUT2D eigenvalue weighted by molar-refractivity contribution is 0.0321. The molecular formula is C28H34N6O3. The molecule has 2 aliphatic heterocycles. The highest BCUT2D eigenvalue weighted by atomic mass is 16.5. The van der Waals surface area contributed by atoms with Crippen molar-refractivity contribution < 1.29 is 14.2 Å². The van der Waals surface area contributed by atoms with E-state index in [0.717, 1.165) is 50.5 Å². The zero-order valence-electron chi connectivity index (χ0n) is 21.6. The van der Waals surface area contributed by atoms with Crippen LogP contribution in [0.5, 0.6) is 11.5 Å². The molecule has 4 rings (SSSR count). The van der Waals surface area contributed by atoms with Gasteiger partial charge >= 0.3 is 0 Å². The van der Waals surface area contributed by atoms with Crippen molar-refractivity contribution in [2.45, 2.75) is 19.8 Å². The van der Waals surface area contributed by atoms with Crippen LogP contribution in [0.4, 0.5) is 0 Å². The number of hydrogen-bond donors (Lipinski definition) is 1. The number of rotatable bonds is 8. The third kappa shape index (κ3) is 5.02. The Morgan fingerprint density at radius 3 is 2.49 bits per heavy atom. The van der Waals surface area contributed by atoms with Crippen molar-refractivity contribution in [3.05, 3.63) is 46.7 Å². The minimum atomic E-state index is -1.67. The molecule has 0 saturated carbocycles. The number of nitrogens with two attached hydrogens (primary N) is 1. The molecule has 0 spiro atoms. The predicted octanol–water partition coefficient (Wildman–Crippen LogP) is 2.54. The fourth-order valence-electron chi connectivity index (χ4n) is 5.59. The SMILES string of the molecule is CCOc1cc(C2C3CN(CC)CC=C3C(C#N)=C(N)C2(C#N)C#N)ccc1OCCN1CCOCC1. The highest BCUT2D eigenvalue weighted by molar-refractivity contribution is 5.60. The molecule has 1 saturated heterocycles. The molecule has 2 unspecified atom stereocenters. The maximum Gasteiger partial charge on any atom is 0.191 e. The van der Waals surface area contributed by atoms with E-state index in [-0.39, 0.29) is 17.2 Å². The van der Waals surface area contributed by atoms with E-state index in [1.165, 1.54) is 0 Å². The van der Waals surface area contributed by atoms with E-state index in [4.69, 9.17) is 19.9 Å². The molecule has 2 atom stereocenters. The Kier molecular flexibility index (Phi) is 8.36. The second-order valence-electron chi connectivity index (χ2n) is 9.47. The van der Waals surface area contributed by atoms with Crippen LogP contribution in [0.15, 0.2) is 41.1 Å². The summed E-state index contributed by atoms with van der Waals surface area (Å²) in [5.41, 5.74) is 6.64. The van der Waals surface area contributed by atoms with E-state index in [1.807, 2.05) is 31.2 Å². The number of ether oxygens (including phenoxy) is 3. The number of morpholine rings is 1. The summed E-state index contributed by atoms with van der Waals surface area (Å²) in [6.45, 7) is 11.1. The first-order valence-corrected chi connectivity index (χ1v) is 12.9. The molecule has 0 aromatic heterocycles. The van der Waals surface area contributed by atoms with Gasteiger partial charge < -0.3 is 19.9 Å². The third-order valence-corrected chi connectivity index (χ3v) is 7.58. The minimum absolute atomic E-state index is 0.0289. The Hall–Kier alpha value is -3.55. The fourth-order valence-corrected chi connectivity index (χ4v) is 5.59. The molecule has 9 heteroatoms. The third-order valence-electron chi connectivity index (χ3n) is 7.58. The Morgan fingerprint density at radius 2 is 1.84 bits per heavy atom. The van der Waals surface area contributed by atoms with Gasteiger partial charge in [-0.1, -0.05) is 19.1 Å². The summed E-state index contributed by atoms with van der Waals surface area (Å²) in [6.07, 6.45) is 2.02. The minimum Gasteiger partial charge on any atom is -0.490 e. The molecule has 2 heterocycles. The number of fused-ring (bicyclic) bond motifs is 1. The van der Waals surface area contributed by atoms with Crippen LogP contribution in [0.3, 0.4) is 0 Å². The number of allylic oxidation sites excluding steroid dienone is 2. The highest BCUT2D eigenvalue weighted by Crippen LogP contribution is 2.54. The molecule has 1 aromatic carbocycles. The summed E-state index contributed by atoms with van der Waals surface area (Å²) in [6, 6.07) is 12.2. The Balaban J connectivity index is 1.71. The molecule has 9 nitrogen and oxygen atoms in total. The van der Waals surface area contributed by atoms with E-state index in [0.29, 0.717) is 37.8 Å². The number of nitriles is 3. The van der Waals surface area contributed by atoms with Crippen molar-refractivity contribution in [3.63, 3.8) is 0 Å². The van der Waals surface area contributed by atoms with Crippen molar-refractivity contribution in [3.8, 4) is 29.7 Å². The van der Waals surface area contributed by atoms with E-state index in [2.05, 4.69) is 34.9 Å². The molecule has 194 valence electrons. The molecule has 2 N–H and O–H groups in total. The summed E-state index contributed by atoms with van der Waals surface area (Å²) in [7, 11) is 0. The first kappa shape index (κ1) is 26.5. The second-order valence-corrected chi connectivity index (χ2v) is 9.47. The van der Waals surface area contributed by atoms with E-state index < -0.39 is 11.3 Å². The van der Waals surface area contributed by atoms with Gasteiger partial charge in [-0.15, -0.1) is 0 Å².